The first-order valence-corrected chi connectivity index (χ1v) is 5.57. The van der Waals surface area contributed by atoms with Gasteiger partial charge in [-0.1, -0.05) is 18.2 Å². The topological polar surface area (TPSA) is 26.3 Å². The number of carbonyl (C=O) groups is 1. The van der Waals surface area contributed by atoms with Crippen molar-refractivity contribution in [1.29, 1.82) is 0 Å². The van der Waals surface area contributed by atoms with Crippen molar-refractivity contribution in [2.45, 2.75) is 36.7 Å². The summed E-state index contributed by atoms with van der Waals surface area (Å²) >= 11 is 0. The summed E-state index contributed by atoms with van der Waals surface area (Å²) in [6.45, 7) is 3.72. The van der Waals surface area contributed by atoms with Gasteiger partial charge in [0.25, 0.3) is 0 Å². The van der Waals surface area contributed by atoms with E-state index in [9.17, 15) is 31.1 Å². The quantitative estimate of drug-likeness (QED) is 0.575. The molecule has 1 atom stereocenters. The highest BCUT2D eigenvalue weighted by Gasteiger charge is 2.91. The van der Waals surface area contributed by atoms with Crippen molar-refractivity contribution in [1.82, 2.24) is 0 Å². The van der Waals surface area contributed by atoms with Gasteiger partial charge in [-0.05, 0) is 6.92 Å². The van der Waals surface area contributed by atoms with E-state index in [0.29, 0.717) is 0 Å². The first-order valence-electron chi connectivity index (χ1n) is 5.57. The molecule has 0 aromatic rings. The lowest BCUT2D eigenvalue weighted by atomic mass is 9.92. The Kier molecular flexibility index (Phi) is 4.11. The molecule has 114 valence electrons. The van der Waals surface area contributed by atoms with Crippen LogP contribution in [0.25, 0.3) is 0 Å². The van der Waals surface area contributed by atoms with Crippen molar-refractivity contribution in [3.63, 3.8) is 0 Å². The van der Waals surface area contributed by atoms with Crippen LogP contribution in [0.15, 0.2) is 24.8 Å². The molecule has 0 bridgehead atoms. The number of hydrogen-bond acceptors (Lipinski definition) is 2. The fourth-order valence-corrected chi connectivity index (χ4v) is 1.91. The number of hydrogen-bond donors (Lipinski definition) is 0. The molecule has 0 saturated heterocycles. The van der Waals surface area contributed by atoms with Gasteiger partial charge in [-0.2, -0.15) is 26.3 Å². The van der Waals surface area contributed by atoms with Crippen molar-refractivity contribution in [3.8, 4) is 0 Å². The van der Waals surface area contributed by atoms with Gasteiger partial charge >= 0.3 is 17.8 Å². The van der Waals surface area contributed by atoms with E-state index in [0.717, 1.165) is 18.2 Å². The second-order valence-electron chi connectivity index (χ2n) is 4.25. The van der Waals surface area contributed by atoms with Gasteiger partial charge in [0.15, 0.2) is 0 Å². The SMILES string of the molecule is C=CCOC1(CC=CC)C(=O)C(F)(F)C(F)(F)C1(F)F. The molecular formula is C12H12F6O2. The van der Waals surface area contributed by atoms with Crippen LogP contribution >= 0.6 is 0 Å². The Morgan fingerprint density at radius 2 is 1.70 bits per heavy atom. The van der Waals surface area contributed by atoms with Gasteiger partial charge in [0.05, 0.1) is 6.61 Å². The molecule has 20 heavy (non-hydrogen) atoms. The zero-order valence-electron chi connectivity index (χ0n) is 10.4. The molecule has 0 aromatic carbocycles. The molecule has 2 nitrogen and oxygen atoms in total. The summed E-state index contributed by atoms with van der Waals surface area (Å²) in [5.74, 6) is -19.3. The zero-order chi connectivity index (χ0) is 15.8. The first-order chi connectivity index (χ1) is 9.03. The second-order valence-corrected chi connectivity index (χ2v) is 4.25. The molecule has 1 rings (SSSR count). The monoisotopic (exact) mass is 302 g/mol. The van der Waals surface area contributed by atoms with Crippen LogP contribution in [0.3, 0.4) is 0 Å². The molecule has 1 saturated carbocycles. The summed E-state index contributed by atoms with van der Waals surface area (Å²) < 4.78 is 85.0. The minimum atomic E-state index is -5.82. The lowest BCUT2D eigenvalue weighted by Gasteiger charge is -2.32. The molecular weight excluding hydrogens is 290 g/mol. The molecule has 1 fully saturated rings. The van der Waals surface area contributed by atoms with Gasteiger partial charge in [0.1, 0.15) is 0 Å². The maximum atomic E-state index is 13.8. The number of halogens is 6. The minimum absolute atomic E-state index is 0.745. The molecule has 0 spiro atoms. The van der Waals surface area contributed by atoms with Crippen molar-refractivity contribution >= 4 is 5.78 Å². The van der Waals surface area contributed by atoms with Gasteiger partial charge < -0.3 is 4.74 Å². The molecule has 1 aliphatic rings. The summed E-state index contributed by atoms with van der Waals surface area (Å²) in [6.07, 6.45) is 1.87. The van der Waals surface area contributed by atoms with E-state index >= 15 is 0 Å². The molecule has 1 aliphatic carbocycles. The van der Waals surface area contributed by atoms with Crippen LogP contribution in [0.1, 0.15) is 13.3 Å². The molecule has 0 N–H and O–H groups in total. The van der Waals surface area contributed by atoms with Gasteiger partial charge in [0.2, 0.25) is 11.4 Å². The predicted molar refractivity (Wildman–Crippen MR) is 58.2 cm³/mol. The van der Waals surface area contributed by atoms with Crippen LogP contribution in [0.2, 0.25) is 0 Å². The number of carbonyl (C=O) groups excluding carboxylic acids is 1. The van der Waals surface area contributed by atoms with Gasteiger partial charge in [-0.25, -0.2) is 0 Å². The Morgan fingerprint density at radius 1 is 1.15 bits per heavy atom. The third-order valence-corrected chi connectivity index (χ3v) is 3.04. The number of ketones is 1. The number of Topliss-reactive ketones (excluding diaryl/α,β-unsaturated/α-hetero) is 1. The maximum Gasteiger partial charge on any atom is 0.382 e. The normalized spacial score (nSPS) is 30.9. The molecule has 1 unspecified atom stereocenters. The highest BCUT2D eigenvalue weighted by Crippen LogP contribution is 2.61. The Hall–Kier alpha value is -1.31. The van der Waals surface area contributed by atoms with Crippen LogP contribution in [0.5, 0.6) is 0 Å². The third kappa shape index (κ3) is 1.81. The van der Waals surface area contributed by atoms with Crippen LogP contribution in [0.4, 0.5) is 26.3 Å². The molecule has 0 aromatic heterocycles. The Morgan fingerprint density at radius 3 is 2.05 bits per heavy atom. The highest BCUT2D eigenvalue weighted by atomic mass is 19.3. The summed E-state index contributed by atoms with van der Waals surface area (Å²) in [5, 5.41) is 0. The van der Waals surface area contributed by atoms with E-state index in [1.807, 2.05) is 0 Å². The Labute approximate surface area is 111 Å². The number of alkyl halides is 6. The lowest BCUT2D eigenvalue weighted by molar-refractivity contribution is -0.299. The number of rotatable bonds is 5. The molecule has 0 heterocycles. The van der Waals surface area contributed by atoms with Crippen molar-refractivity contribution in [3.05, 3.63) is 24.8 Å². The lowest BCUT2D eigenvalue weighted by Crippen LogP contribution is -2.56. The van der Waals surface area contributed by atoms with Crippen molar-refractivity contribution in [2.75, 3.05) is 6.61 Å². The van der Waals surface area contributed by atoms with Crippen LogP contribution in [-0.2, 0) is 9.53 Å². The van der Waals surface area contributed by atoms with Crippen molar-refractivity contribution < 1.29 is 35.9 Å². The van der Waals surface area contributed by atoms with Gasteiger partial charge in [-0.3, -0.25) is 4.79 Å². The van der Waals surface area contributed by atoms with Crippen LogP contribution in [-0.4, -0.2) is 35.8 Å². The van der Waals surface area contributed by atoms with Crippen LogP contribution in [0, 0.1) is 0 Å². The summed E-state index contributed by atoms with van der Waals surface area (Å²) in [4.78, 5) is 11.5. The van der Waals surface area contributed by atoms with E-state index in [2.05, 4.69) is 11.3 Å². The Bertz CT molecular complexity index is 443. The van der Waals surface area contributed by atoms with E-state index in [1.54, 1.807) is 0 Å². The summed E-state index contributed by atoms with van der Waals surface area (Å²) in [6, 6.07) is 0. The van der Waals surface area contributed by atoms with Crippen LogP contribution < -0.4 is 0 Å². The Balaban J connectivity index is 3.48. The highest BCUT2D eigenvalue weighted by molar-refractivity contribution is 5.99. The van der Waals surface area contributed by atoms with Crippen molar-refractivity contribution in [2.24, 2.45) is 0 Å². The average molecular weight is 302 g/mol. The first kappa shape index (κ1) is 16.7. The number of ether oxygens (including phenoxy) is 1. The summed E-state index contributed by atoms with van der Waals surface area (Å²) in [7, 11) is 0. The van der Waals surface area contributed by atoms with E-state index < -0.39 is 42.2 Å². The fraction of sp³-hybridized carbons (Fsp3) is 0.583. The fourth-order valence-electron chi connectivity index (χ4n) is 1.91. The molecule has 0 radical (unpaired) electrons. The smallest absolute Gasteiger partial charge is 0.356 e. The molecule has 8 heteroatoms. The largest absolute Gasteiger partial charge is 0.382 e. The average Bonchev–Trinajstić information content (AvgIpc) is 2.43. The molecule has 0 aliphatic heterocycles. The maximum absolute atomic E-state index is 13.8. The third-order valence-electron chi connectivity index (χ3n) is 3.04. The second kappa shape index (κ2) is 4.91. The minimum Gasteiger partial charge on any atom is -0.356 e. The van der Waals surface area contributed by atoms with Gasteiger partial charge in [0, 0.05) is 6.42 Å². The number of allylic oxidation sites excluding steroid dienone is 1. The van der Waals surface area contributed by atoms with E-state index in [-0.39, 0.29) is 0 Å². The zero-order valence-corrected chi connectivity index (χ0v) is 10.4. The van der Waals surface area contributed by atoms with E-state index in [4.69, 9.17) is 0 Å². The van der Waals surface area contributed by atoms with Gasteiger partial charge in [-0.15, -0.1) is 6.58 Å². The molecule has 0 amide bonds. The summed E-state index contributed by atoms with van der Waals surface area (Å²) in [5.41, 5.74) is -3.61. The predicted octanol–water partition coefficient (Wildman–Crippen LogP) is 3.38. The van der Waals surface area contributed by atoms with E-state index in [1.165, 1.54) is 6.92 Å². The standard InChI is InChI=1S/C12H12F6O2/c1-3-5-6-9(20-7-4-2)8(19)10(13,14)12(17,18)11(9,15)16/h3-5H,2,6-7H2,1H3.